The second-order valence-corrected chi connectivity index (χ2v) is 7.61. The Morgan fingerprint density at radius 1 is 0.960 bits per heavy atom. The third-order valence-corrected chi connectivity index (χ3v) is 5.78. The number of nitrogens with one attached hydrogen (secondary N) is 1. The highest BCUT2D eigenvalue weighted by Crippen LogP contribution is 2.42. The Morgan fingerprint density at radius 2 is 1.56 bits per heavy atom. The Labute approximate surface area is 143 Å². The van der Waals surface area contributed by atoms with Crippen LogP contribution in [0.15, 0.2) is 59.5 Å². The summed E-state index contributed by atoms with van der Waals surface area (Å²) in [5.41, 5.74) is 0.211. The average molecular weight is 371 g/mol. The summed E-state index contributed by atoms with van der Waals surface area (Å²) in [5, 5.41) is 0. The van der Waals surface area contributed by atoms with Gasteiger partial charge in [0.2, 0.25) is 10.0 Å². The van der Waals surface area contributed by atoms with Crippen molar-refractivity contribution >= 4 is 10.0 Å². The molecule has 0 radical (unpaired) electrons. The van der Waals surface area contributed by atoms with Crippen molar-refractivity contribution < 1.29 is 26.3 Å². The summed E-state index contributed by atoms with van der Waals surface area (Å²) < 4.78 is 68.3. The number of benzene rings is 2. The van der Waals surface area contributed by atoms with Crippen LogP contribution in [0.25, 0.3) is 0 Å². The minimum Gasteiger partial charge on any atom is -0.406 e. The van der Waals surface area contributed by atoms with Gasteiger partial charge in [-0.15, -0.1) is 13.2 Å². The third-order valence-electron chi connectivity index (χ3n) is 4.23. The summed E-state index contributed by atoms with van der Waals surface area (Å²) >= 11 is 0. The van der Waals surface area contributed by atoms with Crippen LogP contribution in [-0.4, -0.2) is 14.8 Å². The van der Waals surface area contributed by atoms with Crippen LogP contribution in [0.4, 0.5) is 13.2 Å². The molecule has 0 bridgehead atoms. The van der Waals surface area contributed by atoms with E-state index in [-0.39, 0.29) is 4.90 Å². The van der Waals surface area contributed by atoms with Crippen molar-refractivity contribution in [2.24, 2.45) is 0 Å². The van der Waals surface area contributed by atoms with Crippen molar-refractivity contribution in [3.8, 4) is 5.75 Å². The van der Waals surface area contributed by atoms with Gasteiger partial charge in [-0.05, 0) is 49.1 Å². The molecule has 25 heavy (non-hydrogen) atoms. The van der Waals surface area contributed by atoms with Gasteiger partial charge < -0.3 is 4.74 Å². The Balaban J connectivity index is 1.82. The first-order chi connectivity index (χ1) is 11.7. The van der Waals surface area contributed by atoms with E-state index in [0.717, 1.165) is 36.2 Å². The molecule has 0 amide bonds. The number of halogens is 3. The highest BCUT2D eigenvalue weighted by atomic mass is 32.2. The number of hydrogen-bond acceptors (Lipinski definition) is 3. The summed E-state index contributed by atoms with van der Waals surface area (Å²) in [5.74, 6) is -0.465. The molecule has 0 saturated heterocycles. The zero-order chi connectivity index (χ0) is 18.1. The Bertz CT molecular complexity index is 830. The minimum absolute atomic E-state index is 0.107. The van der Waals surface area contributed by atoms with Gasteiger partial charge in [-0.25, -0.2) is 13.1 Å². The van der Waals surface area contributed by atoms with Crippen LogP contribution >= 0.6 is 0 Å². The standard InChI is InChI=1S/C17H16F3NO3S/c18-17(19,20)24-14-7-9-15(10-8-14)25(22,23)21-16(11-4-12-16)13-5-2-1-3-6-13/h1-3,5-10,21H,4,11-12H2. The first-order valence-corrected chi connectivity index (χ1v) is 9.14. The number of rotatable bonds is 5. The molecule has 3 rings (SSSR count). The maximum absolute atomic E-state index is 12.6. The minimum atomic E-state index is -4.82. The summed E-state index contributed by atoms with van der Waals surface area (Å²) in [7, 11) is -3.87. The van der Waals surface area contributed by atoms with Gasteiger partial charge in [0.05, 0.1) is 10.4 Å². The first kappa shape index (κ1) is 17.8. The molecule has 0 heterocycles. The quantitative estimate of drug-likeness (QED) is 0.866. The monoisotopic (exact) mass is 371 g/mol. The van der Waals surface area contributed by atoms with Crippen molar-refractivity contribution in [2.75, 3.05) is 0 Å². The normalized spacial score (nSPS) is 16.9. The molecule has 134 valence electrons. The molecule has 8 heteroatoms. The topological polar surface area (TPSA) is 55.4 Å². The molecule has 0 spiro atoms. The van der Waals surface area contributed by atoms with Crippen LogP contribution in [0.1, 0.15) is 24.8 Å². The van der Waals surface area contributed by atoms with Gasteiger partial charge in [0.1, 0.15) is 5.75 Å². The molecule has 1 N–H and O–H groups in total. The van der Waals surface area contributed by atoms with E-state index in [1.165, 1.54) is 0 Å². The molecule has 2 aromatic rings. The fourth-order valence-electron chi connectivity index (χ4n) is 2.87. The highest BCUT2D eigenvalue weighted by Gasteiger charge is 2.42. The van der Waals surface area contributed by atoms with E-state index in [1.54, 1.807) is 0 Å². The lowest BCUT2D eigenvalue weighted by Gasteiger charge is -2.42. The van der Waals surface area contributed by atoms with Crippen molar-refractivity contribution in [1.29, 1.82) is 0 Å². The van der Waals surface area contributed by atoms with Crippen LogP contribution in [0.3, 0.4) is 0 Å². The second kappa shape index (κ2) is 6.34. The van der Waals surface area contributed by atoms with Gasteiger partial charge in [0, 0.05) is 0 Å². The number of alkyl halides is 3. The van der Waals surface area contributed by atoms with E-state index in [9.17, 15) is 21.6 Å². The van der Waals surface area contributed by atoms with Gasteiger partial charge in [-0.3, -0.25) is 0 Å². The molecule has 1 saturated carbocycles. The van der Waals surface area contributed by atoms with Crippen molar-refractivity contribution in [3.05, 3.63) is 60.2 Å². The molecule has 0 unspecified atom stereocenters. The van der Waals surface area contributed by atoms with Crippen LogP contribution < -0.4 is 9.46 Å². The van der Waals surface area contributed by atoms with Crippen molar-refractivity contribution in [2.45, 2.75) is 36.1 Å². The molecule has 2 aromatic carbocycles. The van der Waals surface area contributed by atoms with E-state index in [4.69, 9.17) is 0 Å². The lowest BCUT2D eigenvalue weighted by atomic mass is 9.73. The zero-order valence-corrected chi connectivity index (χ0v) is 13.9. The van der Waals surface area contributed by atoms with E-state index in [0.29, 0.717) is 12.8 Å². The molecule has 0 atom stereocenters. The maximum atomic E-state index is 12.6. The number of sulfonamides is 1. The number of ether oxygens (including phenoxy) is 1. The van der Waals surface area contributed by atoms with Gasteiger partial charge in [-0.1, -0.05) is 30.3 Å². The van der Waals surface area contributed by atoms with Crippen LogP contribution in [0, 0.1) is 0 Å². The molecule has 1 fully saturated rings. The van der Waals surface area contributed by atoms with Crippen molar-refractivity contribution in [1.82, 2.24) is 4.72 Å². The lowest BCUT2D eigenvalue weighted by Crippen LogP contribution is -2.50. The third kappa shape index (κ3) is 3.96. The number of hydrogen-bond donors (Lipinski definition) is 1. The van der Waals surface area contributed by atoms with Gasteiger partial charge in [0.25, 0.3) is 0 Å². The fraction of sp³-hybridized carbons (Fsp3) is 0.294. The molecule has 0 aromatic heterocycles. The summed E-state index contributed by atoms with van der Waals surface area (Å²) in [6, 6.07) is 13.4. The maximum Gasteiger partial charge on any atom is 0.573 e. The summed E-state index contributed by atoms with van der Waals surface area (Å²) in [4.78, 5) is -0.107. The summed E-state index contributed by atoms with van der Waals surface area (Å²) in [6.07, 6.45) is -2.57. The smallest absolute Gasteiger partial charge is 0.406 e. The highest BCUT2D eigenvalue weighted by molar-refractivity contribution is 7.89. The zero-order valence-electron chi connectivity index (χ0n) is 13.1. The van der Waals surface area contributed by atoms with Gasteiger partial charge in [-0.2, -0.15) is 0 Å². The molecule has 4 nitrogen and oxygen atoms in total. The van der Waals surface area contributed by atoms with E-state index >= 15 is 0 Å². The summed E-state index contributed by atoms with van der Waals surface area (Å²) in [6.45, 7) is 0. The molecule has 1 aliphatic rings. The van der Waals surface area contributed by atoms with Crippen LogP contribution in [-0.2, 0) is 15.6 Å². The predicted molar refractivity (Wildman–Crippen MR) is 85.4 cm³/mol. The van der Waals surface area contributed by atoms with Crippen molar-refractivity contribution in [3.63, 3.8) is 0 Å². The molecular weight excluding hydrogens is 355 g/mol. The van der Waals surface area contributed by atoms with Gasteiger partial charge in [0.15, 0.2) is 0 Å². The van der Waals surface area contributed by atoms with E-state index < -0.39 is 27.7 Å². The van der Waals surface area contributed by atoms with E-state index in [2.05, 4.69) is 9.46 Å². The predicted octanol–water partition coefficient (Wildman–Crippen LogP) is 3.94. The average Bonchev–Trinajstić information content (AvgIpc) is 2.51. The SMILES string of the molecule is O=S(=O)(NC1(c2ccccc2)CCC1)c1ccc(OC(F)(F)F)cc1. The van der Waals surface area contributed by atoms with Crippen LogP contribution in [0.2, 0.25) is 0 Å². The Morgan fingerprint density at radius 3 is 2.04 bits per heavy atom. The van der Waals surface area contributed by atoms with Gasteiger partial charge >= 0.3 is 6.36 Å². The Hall–Kier alpha value is -2.06. The molecular formula is C17H16F3NO3S. The lowest BCUT2D eigenvalue weighted by molar-refractivity contribution is -0.274. The fourth-order valence-corrected chi connectivity index (χ4v) is 4.32. The largest absolute Gasteiger partial charge is 0.573 e. The molecule has 1 aliphatic carbocycles. The Kier molecular flexibility index (Phi) is 4.51. The molecule has 0 aliphatic heterocycles. The first-order valence-electron chi connectivity index (χ1n) is 7.66. The van der Waals surface area contributed by atoms with Crippen LogP contribution in [0.5, 0.6) is 5.75 Å². The van der Waals surface area contributed by atoms with E-state index in [1.807, 2.05) is 30.3 Å². The second-order valence-electron chi connectivity index (χ2n) is 5.93.